The van der Waals surface area contributed by atoms with Gasteiger partial charge in [-0.25, -0.2) is 14.3 Å². The van der Waals surface area contributed by atoms with Crippen molar-refractivity contribution in [2.24, 2.45) is 0 Å². The Kier molecular flexibility index (Phi) is 2.72. The summed E-state index contributed by atoms with van der Waals surface area (Å²) in [4.78, 5) is 15.8. The normalized spacial score (nSPS) is 10.4. The highest BCUT2D eigenvalue weighted by atomic mass is 16.5. The molecule has 0 aliphatic heterocycles. The standard InChI is InChI=1S/C10H12N4O2/c1-3-16-10(15)7-6-12-14-5-4-8(11-2)13-9(7)14/h4-6H,3H2,1-2H3,(H,11,13). The topological polar surface area (TPSA) is 68.5 Å². The zero-order chi connectivity index (χ0) is 11.5. The van der Waals surface area contributed by atoms with Crippen molar-refractivity contribution in [2.75, 3.05) is 19.0 Å². The van der Waals surface area contributed by atoms with Gasteiger partial charge in [-0.05, 0) is 13.0 Å². The molecule has 6 heteroatoms. The van der Waals surface area contributed by atoms with Crippen LogP contribution in [0.2, 0.25) is 0 Å². The van der Waals surface area contributed by atoms with Crippen molar-refractivity contribution in [3.63, 3.8) is 0 Å². The summed E-state index contributed by atoms with van der Waals surface area (Å²) < 4.78 is 6.45. The zero-order valence-electron chi connectivity index (χ0n) is 9.10. The molecular weight excluding hydrogens is 208 g/mol. The summed E-state index contributed by atoms with van der Waals surface area (Å²) in [6.45, 7) is 2.10. The summed E-state index contributed by atoms with van der Waals surface area (Å²) >= 11 is 0. The second-order valence-corrected chi connectivity index (χ2v) is 3.11. The van der Waals surface area contributed by atoms with Crippen LogP contribution in [0.4, 0.5) is 5.82 Å². The molecular formula is C10H12N4O2. The number of carbonyl (C=O) groups excluding carboxylic acids is 1. The number of aromatic nitrogens is 3. The van der Waals surface area contributed by atoms with Crippen LogP contribution in [0, 0.1) is 0 Å². The van der Waals surface area contributed by atoms with Crippen molar-refractivity contribution < 1.29 is 9.53 Å². The predicted molar refractivity (Wildman–Crippen MR) is 58.5 cm³/mol. The van der Waals surface area contributed by atoms with E-state index in [9.17, 15) is 4.79 Å². The SMILES string of the molecule is CCOC(=O)c1cnn2ccc(NC)nc12. The fraction of sp³-hybridized carbons (Fsp3) is 0.300. The predicted octanol–water partition coefficient (Wildman–Crippen LogP) is 0.948. The molecule has 0 atom stereocenters. The van der Waals surface area contributed by atoms with Crippen molar-refractivity contribution >= 4 is 17.4 Å². The Labute approximate surface area is 92.2 Å². The quantitative estimate of drug-likeness (QED) is 0.780. The van der Waals surface area contributed by atoms with Crippen LogP contribution in [0.3, 0.4) is 0 Å². The monoisotopic (exact) mass is 220 g/mol. The Hall–Kier alpha value is -2.11. The van der Waals surface area contributed by atoms with E-state index in [1.807, 2.05) is 0 Å². The number of hydrogen-bond donors (Lipinski definition) is 1. The molecule has 84 valence electrons. The fourth-order valence-corrected chi connectivity index (χ4v) is 1.36. The van der Waals surface area contributed by atoms with Gasteiger partial charge in [-0.2, -0.15) is 5.10 Å². The lowest BCUT2D eigenvalue weighted by Crippen LogP contribution is -2.05. The highest BCUT2D eigenvalue weighted by Crippen LogP contribution is 2.12. The zero-order valence-corrected chi connectivity index (χ0v) is 9.10. The van der Waals surface area contributed by atoms with Crippen LogP contribution < -0.4 is 5.32 Å². The summed E-state index contributed by atoms with van der Waals surface area (Å²) in [7, 11) is 1.76. The van der Waals surface area contributed by atoms with Gasteiger partial charge in [-0.3, -0.25) is 0 Å². The number of rotatable bonds is 3. The van der Waals surface area contributed by atoms with Gasteiger partial charge in [0.05, 0.1) is 12.8 Å². The van der Waals surface area contributed by atoms with Crippen LogP contribution in [0.5, 0.6) is 0 Å². The van der Waals surface area contributed by atoms with E-state index in [1.165, 1.54) is 10.7 Å². The molecule has 0 fully saturated rings. The molecule has 0 radical (unpaired) electrons. The molecule has 2 aromatic rings. The fourth-order valence-electron chi connectivity index (χ4n) is 1.36. The lowest BCUT2D eigenvalue weighted by Gasteiger charge is -2.01. The first-order valence-electron chi connectivity index (χ1n) is 4.95. The lowest BCUT2D eigenvalue weighted by atomic mass is 10.3. The number of hydrogen-bond acceptors (Lipinski definition) is 5. The van der Waals surface area contributed by atoms with E-state index in [0.29, 0.717) is 23.6 Å². The highest BCUT2D eigenvalue weighted by Gasteiger charge is 2.14. The average Bonchev–Trinajstić information content (AvgIpc) is 2.71. The highest BCUT2D eigenvalue weighted by molar-refractivity contribution is 5.95. The second kappa shape index (κ2) is 4.18. The second-order valence-electron chi connectivity index (χ2n) is 3.11. The maximum absolute atomic E-state index is 11.6. The minimum Gasteiger partial charge on any atom is -0.462 e. The smallest absolute Gasteiger partial charge is 0.343 e. The third-order valence-corrected chi connectivity index (χ3v) is 2.12. The molecule has 0 saturated carbocycles. The summed E-state index contributed by atoms with van der Waals surface area (Å²) in [6, 6.07) is 1.77. The molecule has 2 heterocycles. The number of nitrogens with zero attached hydrogens (tertiary/aromatic N) is 3. The van der Waals surface area contributed by atoms with Gasteiger partial charge in [0, 0.05) is 13.2 Å². The van der Waals surface area contributed by atoms with E-state index in [0.717, 1.165) is 0 Å². The van der Waals surface area contributed by atoms with Crippen molar-refractivity contribution in [3.8, 4) is 0 Å². The van der Waals surface area contributed by atoms with Gasteiger partial charge in [-0.15, -0.1) is 0 Å². The Morgan fingerprint density at radius 3 is 3.12 bits per heavy atom. The van der Waals surface area contributed by atoms with E-state index < -0.39 is 5.97 Å². The summed E-state index contributed by atoms with van der Waals surface area (Å²) in [5.41, 5.74) is 0.865. The van der Waals surface area contributed by atoms with Crippen molar-refractivity contribution in [1.82, 2.24) is 14.6 Å². The number of fused-ring (bicyclic) bond motifs is 1. The largest absolute Gasteiger partial charge is 0.462 e. The number of nitrogens with one attached hydrogen (secondary N) is 1. The first-order chi connectivity index (χ1) is 7.76. The van der Waals surface area contributed by atoms with Gasteiger partial charge in [0.15, 0.2) is 5.65 Å². The minimum absolute atomic E-state index is 0.335. The molecule has 0 saturated heterocycles. The van der Waals surface area contributed by atoms with Gasteiger partial charge in [0.1, 0.15) is 11.4 Å². The van der Waals surface area contributed by atoms with Crippen molar-refractivity contribution in [1.29, 1.82) is 0 Å². The molecule has 0 spiro atoms. The Bertz CT molecular complexity index is 521. The van der Waals surface area contributed by atoms with E-state index in [2.05, 4.69) is 15.4 Å². The molecule has 1 N–H and O–H groups in total. The third-order valence-electron chi connectivity index (χ3n) is 2.12. The summed E-state index contributed by atoms with van der Waals surface area (Å²) in [5.74, 6) is 0.275. The minimum atomic E-state index is -0.404. The summed E-state index contributed by atoms with van der Waals surface area (Å²) in [6.07, 6.45) is 3.19. The lowest BCUT2D eigenvalue weighted by molar-refractivity contribution is 0.0528. The Balaban J connectivity index is 2.49. The molecule has 2 aromatic heterocycles. The third kappa shape index (κ3) is 1.69. The first kappa shape index (κ1) is 10.4. The van der Waals surface area contributed by atoms with Crippen LogP contribution in [0.1, 0.15) is 17.3 Å². The van der Waals surface area contributed by atoms with Crippen molar-refractivity contribution in [2.45, 2.75) is 6.92 Å². The van der Waals surface area contributed by atoms with E-state index in [-0.39, 0.29) is 0 Å². The average molecular weight is 220 g/mol. The molecule has 2 rings (SSSR count). The molecule has 0 unspecified atom stereocenters. The number of carbonyl (C=O) groups is 1. The van der Waals surface area contributed by atoms with Gasteiger partial charge in [0.2, 0.25) is 0 Å². The maximum atomic E-state index is 11.6. The molecule has 0 bridgehead atoms. The van der Waals surface area contributed by atoms with Crippen LogP contribution in [0.25, 0.3) is 5.65 Å². The van der Waals surface area contributed by atoms with Crippen LogP contribution in [-0.4, -0.2) is 34.2 Å². The van der Waals surface area contributed by atoms with Gasteiger partial charge in [0.25, 0.3) is 0 Å². The number of anilines is 1. The van der Waals surface area contributed by atoms with Crippen molar-refractivity contribution in [3.05, 3.63) is 24.0 Å². The van der Waals surface area contributed by atoms with Crippen LogP contribution in [0.15, 0.2) is 18.5 Å². The van der Waals surface area contributed by atoms with Gasteiger partial charge in [-0.1, -0.05) is 0 Å². The molecule has 0 aromatic carbocycles. The number of esters is 1. The van der Waals surface area contributed by atoms with Crippen LogP contribution in [-0.2, 0) is 4.74 Å². The number of ether oxygens (including phenoxy) is 1. The van der Waals surface area contributed by atoms with E-state index in [1.54, 1.807) is 26.2 Å². The van der Waals surface area contributed by atoms with Gasteiger partial charge < -0.3 is 10.1 Å². The van der Waals surface area contributed by atoms with Crippen LogP contribution >= 0.6 is 0 Å². The van der Waals surface area contributed by atoms with E-state index >= 15 is 0 Å². The Morgan fingerprint density at radius 2 is 2.44 bits per heavy atom. The maximum Gasteiger partial charge on any atom is 0.343 e. The molecule has 6 nitrogen and oxygen atoms in total. The summed E-state index contributed by atoms with van der Waals surface area (Å²) in [5, 5.41) is 6.93. The Morgan fingerprint density at radius 1 is 1.62 bits per heavy atom. The van der Waals surface area contributed by atoms with Gasteiger partial charge >= 0.3 is 5.97 Å². The molecule has 0 aliphatic rings. The molecule has 16 heavy (non-hydrogen) atoms. The first-order valence-corrected chi connectivity index (χ1v) is 4.95. The molecule has 0 amide bonds. The van der Waals surface area contributed by atoms with E-state index in [4.69, 9.17) is 4.74 Å². The molecule has 0 aliphatic carbocycles.